The molecule has 1 aliphatic rings. The Morgan fingerprint density at radius 1 is 1.50 bits per heavy atom. The predicted molar refractivity (Wildman–Crippen MR) is 78.9 cm³/mol. The van der Waals surface area contributed by atoms with E-state index in [-0.39, 0.29) is 6.54 Å². The van der Waals surface area contributed by atoms with E-state index >= 15 is 0 Å². The maximum Gasteiger partial charge on any atom is 0.217 e. The lowest BCUT2D eigenvalue weighted by Gasteiger charge is -2.32. The van der Waals surface area contributed by atoms with E-state index in [0.717, 1.165) is 17.5 Å². The van der Waals surface area contributed by atoms with E-state index in [1.165, 1.54) is 0 Å². The Kier molecular flexibility index (Phi) is 4.78. The molecular weight excluding hydrogens is 274 g/mol. The van der Waals surface area contributed by atoms with E-state index in [1.54, 1.807) is 13.2 Å². The van der Waals surface area contributed by atoms with E-state index in [4.69, 9.17) is 4.74 Å². The second-order valence-electron chi connectivity index (χ2n) is 4.73. The predicted octanol–water partition coefficient (Wildman–Crippen LogP) is 1.95. The van der Waals surface area contributed by atoms with Crippen molar-refractivity contribution in [1.29, 1.82) is 0 Å². The van der Waals surface area contributed by atoms with Crippen LogP contribution in [-0.4, -0.2) is 27.3 Å². The van der Waals surface area contributed by atoms with Crippen LogP contribution in [0.15, 0.2) is 42.7 Å². The maximum atomic E-state index is 12.4. The van der Waals surface area contributed by atoms with Crippen LogP contribution in [0.25, 0.3) is 0 Å². The smallest absolute Gasteiger partial charge is 0.217 e. The quantitative estimate of drug-likeness (QED) is 0.844. The summed E-state index contributed by atoms with van der Waals surface area (Å²) in [6.45, 7) is 3.62. The molecule has 5 heteroatoms. The summed E-state index contributed by atoms with van der Waals surface area (Å²) in [4.78, 5) is 0. The summed E-state index contributed by atoms with van der Waals surface area (Å²) < 4.78 is 32.8. The van der Waals surface area contributed by atoms with Crippen molar-refractivity contribution in [2.24, 2.45) is 0 Å². The van der Waals surface area contributed by atoms with Gasteiger partial charge in [-0.15, -0.1) is 5.73 Å². The van der Waals surface area contributed by atoms with Crippen molar-refractivity contribution in [3.63, 3.8) is 0 Å². The maximum absolute atomic E-state index is 12.4. The molecule has 108 valence electrons. The topological polar surface area (TPSA) is 55.4 Å². The van der Waals surface area contributed by atoms with Gasteiger partial charge in [0.15, 0.2) is 0 Å². The van der Waals surface area contributed by atoms with Gasteiger partial charge < -0.3 is 4.74 Å². The van der Waals surface area contributed by atoms with Crippen LogP contribution in [0.5, 0.6) is 0 Å². The van der Waals surface area contributed by atoms with Gasteiger partial charge in [-0.05, 0) is 30.0 Å². The number of fused-ring (bicyclic) bond motifs is 1. The minimum absolute atomic E-state index is 0.209. The first-order chi connectivity index (χ1) is 9.60. The summed E-state index contributed by atoms with van der Waals surface area (Å²) in [6.07, 6.45) is 2.43. The number of methoxy groups -OCH3 is 1. The zero-order chi connectivity index (χ0) is 14.6. The van der Waals surface area contributed by atoms with E-state index < -0.39 is 21.4 Å². The molecule has 0 spiro atoms. The van der Waals surface area contributed by atoms with Gasteiger partial charge in [0.25, 0.3) is 0 Å². The number of hydrogen-bond acceptors (Lipinski definition) is 3. The molecule has 1 aromatic rings. The van der Waals surface area contributed by atoms with Gasteiger partial charge >= 0.3 is 0 Å². The fourth-order valence-electron chi connectivity index (χ4n) is 2.62. The summed E-state index contributed by atoms with van der Waals surface area (Å²) in [7, 11) is -1.88. The number of aryl methyl sites for hydroxylation is 1. The Labute approximate surface area is 120 Å². The van der Waals surface area contributed by atoms with Crippen LogP contribution in [0, 0.1) is 0 Å². The molecule has 0 heterocycles. The summed E-state index contributed by atoms with van der Waals surface area (Å²) in [5.74, 6) is 0. The van der Waals surface area contributed by atoms with Gasteiger partial charge in [0.2, 0.25) is 10.0 Å². The summed E-state index contributed by atoms with van der Waals surface area (Å²) in [5.41, 5.74) is 4.68. The van der Waals surface area contributed by atoms with Gasteiger partial charge in [0.05, 0.1) is 0 Å². The second-order valence-corrected chi connectivity index (χ2v) is 6.72. The van der Waals surface area contributed by atoms with E-state index in [9.17, 15) is 8.42 Å². The van der Waals surface area contributed by atoms with Gasteiger partial charge in [0, 0.05) is 13.7 Å². The van der Waals surface area contributed by atoms with Crippen molar-refractivity contribution >= 4 is 10.0 Å². The Morgan fingerprint density at radius 3 is 2.95 bits per heavy atom. The first-order valence-corrected chi connectivity index (χ1v) is 8.08. The van der Waals surface area contributed by atoms with Gasteiger partial charge in [-0.2, -0.15) is 0 Å². The van der Waals surface area contributed by atoms with Crippen molar-refractivity contribution in [3.8, 4) is 0 Å². The number of benzene rings is 1. The highest BCUT2D eigenvalue weighted by molar-refractivity contribution is 7.90. The summed E-state index contributed by atoms with van der Waals surface area (Å²) in [5, 5.41) is -0.569. The molecule has 20 heavy (non-hydrogen) atoms. The molecule has 0 saturated carbocycles. The zero-order valence-electron chi connectivity index (χ0n) is 11.5. The van der Waals surface area contributed by atoms with Gasteiger partial charge in [-0.25, -0.2) is 13.1 Å². The van der Waals surface area contributed by atoms with Crippen molar-refractivity contribution < 1.29 is 13.2 Å². The van der Waals surface area contributed by atoms with Crippen LogP contribution < -0.4 is 4.72 Å². The first-order valence-electron chi connectivity index (χ1n) is 6.53. The SMILES string of the molecule is C=C=CCNS(=O)(=O)C1CCc2ccccc2C1OC. The molecule has 0 aromatic heterocycles. The normalized spacial score (nSPS) is 21.9. The van der Waals surface area contributed by atoms with Crippen LogP contribution in [0.3, 0.4) is 0 Å². The number of hydrogen-bond donors (Lipinski definition) is 1. The highest BCUT2D eigenvalue weighted by Crippen LogP contribution is 2.35. The highest BCUT2D eigenvalue weighted by atomic mass is 32.2. The highest BCUT2D eigenvalue weighted by Gasteiger charge is 2.38. The van der Waals surface area contributed by atoms with Crippen LogP contribution in [0.2, 0.25) is 0 Å². The fourth-order valence-corrected chi connectivity index (χ4v) is 4.16. The molecule has 4 nitrogen and oxygen atoms in total. The zero-order valence-corrected chi connectivity index (χ0v) is 12.3. The third kappa shape index (κ3) is 3.02. The second kappa shape index (κ2) is 6.37. The fraction of sp³-hybridized carbons (Fsp3) is 0.400. The summed E-state index contributed by atoms with van der Waals surface area (Å²) >= 11 is 0. The third-order valence-electron chi connectivity index (χ3n) is 3.58. The average molecular weight is 293 g/mol. The van der Waals surface area contributed by atoms with Crippen LogP contribution in [0.4, 0.5) is 0 Å². The van der Waals surface area contributed by atoms with Gasteiger partial charge in [0.1, 0.15) is 11.4 Å². The molecule has 2 unspecified atom stereocenters. The Balaban J connectivity index is 2.27. The number of rotatable bonds is 5. The van der Waals surface area contributed by atoms with Crippen molar-refractivity contribution in [3.05, 3.63) is 53.8 Å². The van der Waals surface area contributed by atoms with Crippen LogP contribution in [-0.2, 0) is 21.2 Å². The molecule has 0 radical (unpaired) electrons. The van der Waals surface area contributed by atoms with Crippen LogP contribution >= 0.6 is 0 Å². The largest absolute Gasteiger partial charge is 0.375 e. The molecule has 0 fully saturated rings. The minimum atomic E-state index is -3.43. The van der Waals surface area contributed by atoms with Crippen molar-refractivity contribution in [1.82, 2.24) is 4.72 Å². The molecule has 2 rings (SSSR count). The van der Waals surface area contributed by atoms with E-state index in [1.807, 2.05) is 24.3 Å². The monoisotopic (exact) mass is 293 g/mol. The molecule has 0 aliphatic heterocycles. The molecule has 0 amide bonds. The lowest BCUT2D eigenvalue weighted by atomic mass is 9.89. The minimum Gasteiger partial charge on any atom is -0.375 e. The van der Waals surface area contributed by atoms with E-state index in [2.05, 4.69) is 17.0 Å². The number of ether oxygens (including phenoxy) is 1. The molecule has 0 bridgehead atoms. The lowest BCUT2D eigenvalue weighted by molar-refractivity contribution is 0.0904. The first kappa shape index (κ1) is 15.0. The van der Waals surface area contributed by atoms with E-state index in [0.29, 0.717) is 6.42 Å². The number of nitrogens with one attached hydrogen (secondary N) is 1. The van der Waals surface area contributed by atoms with Gasteiger partial charge in [-0.3, -0.25) is 0 Å². The summed E-state index contributed by atoms with van der Waals surface area (Å²) in [6, 6.07) is 7.84. The Bertz CT molecular complexity index is 618. The molecule has 1 aromatic carbocycles. The van der Waals surface area contributed by atoms with Crippen molar-refractivity contribution in [2.75, 3.05) is 13.7 Å². The Morgan fingerprint density at radius 2 is 2.25 bits per heavy atom. The molecule has 1 N–H and O–H groups in total. The lowest BCUT2D eigenvalue weighted by Crippen LogP contribution is -2.41. The third-order valence-corrected chi connectivity index (χ3v) is 5.43. The molecule has 0 saturated heterocycles. The molecule has 1 aliphatic carbocycles. The molecular formula is C15H19NO3S. The standard InChI is InChI=1S/C15H19NO3S/c1-3-4-11-16-20(17,18)14-10-9-12-7-5-6-8-13(12)15(14)19-2/h4-8,14-16H,1,9-11H2,2H3. The molecule has 2 atom stereocenters. The average Bonchev–Trinajstić information content (AvgIpc) is 2.46. The van der Waals surface area contributed by atoms with Gasteiger partial charge in [-0.1, -0.05) is 30.8 Å². The van der Waals surface area contributed by atoms with Crippen LogP contribution in [0.1, 0.15) is 23.7 Å². The number of sulfonamides is 1. The van der Waals surface area contributed by atoms with Crippen molar-refractivity contribution in [2.45, 2.75) is 24.2 Å². The Hall–Kier alpha value is -1.39.